The van der Waals surface area contributed by atoms with E-state index in [1.165, 1.54) is 12.8 Å². The van der Waals surface area contributed by atoms with Crippen LogP contribution in [0.1, 0.15) is 36.0 Å². The predicted molar refractivity (Wildman–Crippen MR) is 111 cm³/mol. The van der Waals surface area contributed by atoms with Gasteiger partial charge in [-0.25, -0.2) is 9.78 Å². The Labute approximate surface area is 164 Å². The quantitative estimate of drug-likeness (QED) is 0.695. The zero-order valence-corrected chi connectivity index (χ0v) is 16.0. The number of anilines is 1. The van der Waals surface area contributed by atoms with Crippen molar-refractivity contribution < 1.29 is 14.6 Å². The molecule has 1 saturated heterocycles. The second-order valence-corrected chi connectivity index (χ2v) is 7.14. The largest absolute Gasteiger partial charge is 0.497 e. The molecule has 0 unspecified atom stereocenters. The number of benzene rings is 2. The number of para-hydroxylation sites is 1. The molecule has 1 aliphatic rings. The first-order chi connectivity index (χ1) is 13.7. The second kappa shape index (κ2) is 7.89. The Morgan fingerprint density at radius 2 is 1.68 bits per heavy atom. The third kappa shape index (κ3) is 3.40. The number of nitrogens with zero attached hydrogens (tertiary/aromatic N) is 2. The molecule has 0 saturated carbocycles. The van der Waals surface area contributed by atoms with Crippen LogP contribution < -0.4 is 9.64 Å². The maximum atomic E-state index is 12.4. The number of carbonyl (C=O) groups is 1. The topological polar surface area (TPSA) is 62.7 Å². The fourth-order valence-corrected chi connectivity index (χ4v) is 3.97. The molecule has 3 aromatic rings. The van der Waals surface area contributed by atoms with Crippen molar-refractivity contribution in [2.24, 2.45) is 0 Å². The molecule has 5 heteroatoms. The average molecular weight is 376 g/mol. The summed E-state index contributed by atoms with van der Waals surface area (Å²) in [6.45, 7) is 1.70. The molecule has 1 N–H and O–H groups in total. The van der Waals surface area contributed by atoms with Gasteiger partial charge < -0.3 is 14.7 Å². The highest BCUT2D eigenvalue weighted by Crippen LogP contribution is 2.38. The summed E-state index contributed by atoms with van der Waals surface area (Å²) in [5, 5.41) is 10.8. The molecule has 0 aliphatic carbocycles. The minimum atomic E-state index is -0.910. The number of aromatic carboxylic acids is 1. The van der Waals surface area contributed by atoms with Gasteiger partial charge >= 0.3 is 5.97 Å². The van der Waals surface area contributed by atoms with Crippen molar-refractivity contribution >= 4 is 22.6 Å². The van der Waals surface area contributed by atoms with Crippen molar-refractivity contribution in [1.29, 1.82) is 0 Å². The number of ether oxygens (including phenoxy) is 1. The normalized spacial score (nSPS) is 14.7. The molecule has 1 aromatic heterocycles. The second-order valence-electron chi connectivity index (χ2n) is 7.14. The lowest BCUT2D eigenvalue weighted by atomic mass is 9.99. The number of pyridine rings is 1. The van der Waals surface area contributed by atoms with Gasteiger partial charge in [0, 0.05) is 24.0 Å². The van der Waals surface area contributed by atoms with Gasteiger partial charge in [0.15, 0.2) is 0 Å². The van der Waals surface area contributed by atoms with Gasteiger partial charge in [-0.3, -0.25) is 0 Å². The van der Waals surface area contributed by atoms with Crippen LogP contribution in [0.15, 0.2) is 48.5 Å². The maximum Gasteiger partial charge on any atom is 0.338 e. The highest BCUT2D eigenvalue weighted by Gasteiger charge is 2.26. The van der Waals surface area contributed by atoms with Crippen LogP contribution in [0.4, 0.5) is 5.69 Å². The van der Waals surface area contributed by atoms with Gasteiger partial charge in [-0.15, -0.1) is 0 Å². The monoisotopic (exact) mass is 376 g/mol. The summed E-state index contributed by atoms with van der Waals surface area (Å²) in [5.74, 6) is -0.146. The Balaban J connectivity index is 2.00. The van der Waals surface area contributed by atoms with E-state index in [2.05, 4.69) is 4.90 Å². The summed E-state index contributed by atoms with van der Waals surface area (Å²) >= 11 is 0. The zero-order chi connectivity index (χ0) is 19.5. The third-order valence-corrected chi connectivity index (χ3v) is 5.37. The Bertz CT molecular complexity index is 991. The van der Waals surface area contributed by atoms with E-state index in [0.717, 1.165) is 48.6 Å². The number of aromatic nitrogens is 1. The standard InChI is InChI=1S/C23H24N2O3/c1-28-17-12-10-16(11-13-17)21-22(25-14-6-2-3-7-15-25)20(23(26)27)18-8-4-5-9-19(18)24-21/h4-5,8-13H,2-3,6-7,14-15H2,1H3,(H,26,27). The van der Waals surface area contributed by atoms with Crippen molar-refractivity contribution in [3.63, 3.8) is 0 Å². The fraction of sp³-hybridized carbons (Fsp3) is 0.304. The van der Waals surface area contributed by atoms with Gasteiger partial charge in [-0.1, -0.05) is 31.0 Å². The smallest absolute Gasteiger partial charge is 0.338 e. The number of hydrogen-bond acceptors (Lipinski definition) is 4. The molecule has 1 fully saturated rings. The molecule has 1 aliphatic heterocycles. The van der Waals surface area contributed by atoms with Crippen LogP contribution in [0, 0.1) is 0 Å². The molecular formula is C23H24N2O3. The van der Waals surface area contributed by atoms with E-state index in [4.69, 9.17) is 9.72 Å². The van der Waals surface area contributed by atoms with Crippen molar-refractivity contribution in [2.75, 3.05) is 25.1 Å². The molecule has 2 aromatic carbocycles. The van der Waals surface area contributed by atoms with Crippen molar-refractivity contribution in [3.8, 4) is 17.0 Å². The number of hydrogen-bond donors (Lipinski definition) is 1. The van der Waals surface area contributed by atoms with Crippen LogP contribution >= 0.6 is 0 Å². The molecule has 0 amide bonds. The van der Waals surface area contributed by atoms with E-state index in [0.29, 0.717) is 16.5 Å². The number of carboxylic acids is 1. The van der Waals surface area contributed by atoms with Crippen LogP contribution in [-0.4, -0.2) is 36.3 Å². The minimum absolute atomic E-state index is 0.346. The predicted octanol–water partition coefficient (Wildman–Crippen LogP) is 4.99. The number of fused-ring (bicyclic) bond motifs is 1. The van der Waals surface area contributed by atoms with Crippen LogP contribution in [0.3, 0.4) is 0 Å². The third-order valence-electron chi connectivity index (χ3n) is 5.37. The first-order valence-electron chi connectivity index (χ1n) is 9.74. The summed E-state index contributed by atoms with van der Waals surface area (Å²) in [6, 6.07) is 15.2. The highest BCUT2D eigenvalue weighted by atomic mass is 16.5. The first-order valence-corrected chi connectivity index (χ1v) is 9.74. The van der Waals surface area contributed by atoms with Crippen molar-refractivity contribution in [1.82, 2.24) is 4.98 Å². The molecule has 144 valence electrons. The Morgan fingerprint density at radius 1 is 1.00 bits per heavy atom. The van der Waals surface area contributed by atoms with Crippen LogP contribution in [-0.2, 0) is 0 Å². The van der Waals surface area contributed by atoms with E-state index in [9.17, 15) is 9.90 Å². The molecule has 5 nitrogen and oxygen atoms in total. The van der Waals surface area contributed by atoms with E-state index >= 15 is 0 Å². The SMILES string of the molecule is COc1ccc(-c2nc3ccccc3c(C(=O)O)c2N2CCCCCC2)cc1. The van der Waals surface area contributed by atoms with Gasteiger partial charge in [0.2, 0.25) is 0 Å². The zero-order valence-electron chi connectivity index (χ0n) is 16.0. The molecule has 0 atom stereocenters. The molecule has 0 radical (unpaired) electrons. The molecular weight excluding hydrogens is 352 g/mol. The maximum absolute atomic E-state index is 12.4. The summed E-state index contributed by atoms with van der Waals surface area (Å²) in [5.41, 5.74) is 3.40. The number of methoxy groups -OCH3 is 1. The average Bonchev–Trinajstić information content (AvgIpc) is 3.01. The van der Waals surface area contributed by atoms with Crippen molar-refractivity contribution in [3.05, 3.63) is 54.1 Å². The van der Waals surface area contributed by atoms with E-state index in [1.54, 1.807) is 7.11 Å². The Morgan fingerprint density at radius 3 is 2.32 bits per heavy atom. The van der Waals surface area contributed by atoms with Crippen LogP contribution in [0.25, 0.3) is 22.2 Å². The van der Waals surface area contributed by atoms with Crippen LogP contribution in [0.2, 0.25) is 0 Å². The molecule has 0 bridgehead atoms. The summed E-state index contributed by atoms with van der Waals surface area (Å²) in [6.07, 6.45) is 4.48. The van der Waals surface area contributed by atoms with Gasteiger partial charge in [-0.2, -0.15) is 0 Å². The molecule has 0 spiro atoms. The van der Waals surface area contributed by atoms with E-state index < -0.39 is 5.97 Å². The fourth-order valence-electron chi connectivity index (χ4n) is 3.97. The number of carboxylic acid groups (broad SMARTS) is 1. The lowest BCUT2D eigenvalue weighted by molar-refractivity contribution is 0.0699. The van der Waals surface area contributed by atoms with Crippen LogP contribution in [0.5, 0.6) is 5.75 Å². The Hall–Kier alpha value is -3.08. The highest BCUT2D eigenvalue weighted by molar-refractivity contribution is 6.10. The summed E-state index contributed by atoms with van der Waals surface area (Å²) < 4.78 is 5.28. The van der Waals surface area contributed by atoms with E-state index in [-0.39, 0.29) is 0 Å². The lowest BCUT2D eigenvalue weighted by Gasteiger charge is -2.27. The van der Waals surface area contributed by atoms with E-state index in [1.807, 2.05) is 48.5 Å². The molecule has 4 rings (SSSR count). The van der Waals surface area contributed by atoms with Crippen molar-refractivity contribution in [2.45, 2.75) is 25.7 Å². The number of rotatable bonds is 4. The lowest BCUT2D eigenvalue weighted by Crippen LogP contribution is -2.27. The van der Waals surface area contributed by atoms with Gasteiger partial charge in [0.25, 0.3) is 0 Å². The summed E-state index contributed by atoms with van der Waals surface area (Å²) in [4.78, 5) is 19.5. The first kappa shape index (κ1) is 18.3. The minimum Gasteiger partial charge on any atom is -0.497 e. The Kier molecular flexibility index (Phi) is 5.15. The van der Waals surface area contributed by atoms with Gasteiger partial charge in [0.05, 0.1) is 29.6 Å². The summed E-state index contributed by atoms with van der Waals surface area (Å²) in [7, 11) is 1.63. The molecule has 28 heavy (non-hydrogen) atoms. The molecule has 2 heterocycles. The van der Waals surface area contributed by atoms with Gasteiger partial charge in [0.1, 0.15) is 5.75 Å². The van der Waals surface area contributed by atoms with Gasteiger partial charge in [-0.05, 0) is 43.2 Å².